The summed E-state index contributed by atoms with van der Waals surface area (Å²) in [4.78, 5) is 14.6. The number of aliphatic hydroxyl groups excluding tert-OH is 1. The first kappa shape index (κ1) is 17.6. The van der Waals surface area contributed by atoms with Crippen LogP contribution in [0.3, 0.4) is 0 Å². The number of quaternary nitrogens is 1. The van der Waals surface area contributed by atoms with Gasteiger partial charge in [-0.25, -0.2) is 4.79 Å². The standard InChI is InChI=1S/C17H26N2O4/c1-3-22-17(21)19-10-8-18(9-11-19)12-15(20)13-23-16-6-4-14(2)5-7-16/h4-7,15,20H,3,8-13H2,1-2H3/p+1/t15-/m1/s1. The highest BCUT2D eigenvalue weighted by Crippen LogP contribution is 2.11. The molecule has 2 rings (SSSR count). The summed E-state index contributed by atoms with van der Waals surface area (Å²) in [6.07, 6.45) is -0.754. The number of nitrogens with zero attached hydrogens (tertiary/aromatic N) is 1. The number of rotatable bonds is 6. The van der Waals surface area contributed by atoms with Crippen LogP contribution >= 0.6 is 0 Å². The molecule has 1 aromatic carbocycles. The lowest BCUT2D eigenvalue weighted by atomic mass is 10.2. The van der Waals surface area contributed by atoms with E-state index in [4.69, 9.17) is 9.47 Å². The number of benzene rings is 1. The molecule has 23 heavy (non-hydrogen) atoms. The van der Waals surface area contributed by atoms with Gasteiger partial charge in [-0.2, -0.15) is 0 Å². The minimum absolute atomic E-state index is 0.241. The molecular formula is C17H27N2O4+. The van der Waals surface area contributed by atoms with Crippen molar-refractivity contribution in [2.45, 2.75) is 20.0 Å². The molecule has 0 saturated carbocycles. The first-order chi connectivity index (χ1) is 11.1. The van der Waals surface area contributed by atoms with E-state index in [0.717, 1.165) is 18.8 Å². The van der Waals surface area contributed by atoms with E-state index in [9.17, 15) is 9.90 Å². The van der Waals surface area contributed by atoms with Gasteiger partial charge in [-0.15, -0.1) is 0 Å². The van der Waals surface area contributed by atoms with Crippen molar-refractivity contribution in [3.63, 3.8) is 0 Å². The van der Waals surface area contributed by atoms with E-state index in [2.05, 4.69) is 0 Å². The topological polar surface area (TPSA) is 63.4 Å². The SMILES string of the molecule is CCOC(=O)N1CC[NH+](C[C@@H](O)COc2ccc(C)cc2)CC1. The summed E-state index contributed by atoms with van der Waals surface area (Å²) in [6, 6.07) is 7.79. The molecule has 1 saturated heterocycles. The lowest BCUT2D eigenvalue weighted by Gasteiger charge is -2.32. The summed E-state index contributed by atoms with van der Waals surface area (Å²) in [7, 11) is 0. The lowest BCUT2D eigenvalue weighted by molar-refractivity contribution is -0.907. The van der Waals surface area contributed by atoms with Gasteiger partial charge in [0.15, 0.2) is 0 Å². The summed E-state index contributed by atoms with van der Waals surface area (Å²) in [5.41, 5.74) is 1.18. The van der Waals surface area contributed by atoms with Gasteiger partial charge in [0, 0.05) is 0 Å². The number of hydrogen-bond donors (Lipinski definition) is 2. The molecule has 0 radical (unpaired) electrons. The molecule has 6 nitrogen and oxygen atoms in total. The minimum atomic E-state index is -0.513. The Balaban J connectivity index is 1.67. The number of piperazine rings is 1. The Hall–Kier alpha value is -1.79. The number of aryl methyl sites for hydroxylation is 1. The predicted molar refractivity (Wildman–Crippen MR) is 86.8 cm³/mol. The van der Waals surface area contributed by atoms with Crippen molar-refractivity contribution >= 4 is 6.09 Å². The van der Waals surface area contributed by atoms with Gasteiger partial charge in [-0.3, -0.25) is 4.90 Å². The molecule has 1 heterocycles. The van der Waals surface area contributed by atoms with E-state index in [1.807, 2.05) is 38.1 Å². The molecule has 2 N–H and O–H groups in total. The molecule has 6 heteroatoms. The second-order valence-electron chi connectivity index (χ2n) is 5.92. The maximum atomic E-state index is 11.6. The quantitative estimate of drug-likeness (QED) is 0.779. The number of amides is 1. The third-order valence-corrected chi connectivity index (χ3v) is 3.98. The van der Waals surface area contributed by atoms with Gasteiger partial charge >= 0.3 is 6.09 Å². The van der Waals surface area contributed by atoms with Crippen LogP contribution in [0.15, 0.2) is 24.3 Å². The monoisotopic (exact) mass is 323 g/mol. The van der Waals surface area contributed by atoms with Gasteiger partial charge in [0.2, 0.25) is 0 Å². The summed E-state index contributed by atoms with van der Waals surface area (Å²) < 4.78 is 10.6. The fourth-order valence-electron chi connectivity index (χ4n) is 2.64. The molecule has 128 valence electrons. The van der Waals surface area contributed by atoms with Gasteiger partial charge in [0.1, 0.15) is 25.0 Å². The zero-order valence-electron chi connectivity index (χ0n) is 14.0. The van der Waals surface area contributed by atoms with Crippen molar-refractivity contribution in [2.75, 3.05) is 45.9 Å². The maximum absolute atomic E-state index is 11.6. The van der Waals surface area contributed by atoms with E-state index in [1.165, 1.54) is 10.5 Å². The maximum Gasteiger partial charge on any atom is 0.410 e. The fourth-order valence-corrected chi connectivity index (χ4v) is 2.64. The molecule has 0 unspecified atom stereocenters. The zero-order valence-corrected chi connectivity index (χ0v) is 14.0. The predicted octanol–water partition coefficient (Wildman–Crippen LogP) is 0.0917. The van der Waals surface area contributed by atoms with Crippen molar-refractivity contribution < 1.29 is 24.3 Å². The summed E-state index contributed by atoms with van der Waals surface area (Å²) in [5, 5.41) is 10.1. The number of carbonyl (C=O) groups is 1. The highest BCUT2D eigenvalue weighted by Gasteiger charge is 2.26. The lowest BCUT2D eigenvalue weighted by Crippen LogP contribution is -3.16. The Bertz CT molecular complexity index is 484. The van der Waals surface area contributed by atoms with Crippen molar-refractivity contribution in [3.8, 4) is 5.75 Å². The smallest absolute Gasteiger partial charge is 0.410 e. The van der Waals surface area contributed by atoms with E-state index in [0.29, 0.717) is 26.2 Å². The highest BCUT2D eigenvalue weighted by molar-refractivity contribution is 5.67. The number of aliphatic hydroxyl groups is 1. The second kappa shape index (κ2) is 8.74. The van der Waals surface area contributed by atoms with Crippen LogP contribution in [0.4, 0.5) is 4.79 Å². The Labute approximate surface area is 137 Å². The first-order valence-corrected chi connectivity index (χ1v) is 8.21. The number of ether oxygens (including phenoxy) is 2. The molecule has 1 aromatic rings. The largest absolute Gasteiger partial charge is 0.491 e. The third-order valence-electron chi connectivity index (χ3n) is 3.98. The van der Waals surface area contributed by atoms with E-state index >= 15 is 0 Å². The van der Waals surface area contributed by atoms with Crippen LogP contribution in [0.5, 0.6) is 5.75 Å². The summed E-state index contributed by atoms with van der Waals surface area (Å²) >= 11 is 0. The van der Waals surface area contributed by atoms with Crippen LogP contribution in [0, 0.1) is 6.92 Å². The van der Waals surface area contributed by atoms with Crippen LogP contribution in [-0.4, -0.2) is 68.1 Å². The minimum Gasteiger partial charge on any atom is -0.491 e. The summed E-state index contributed by atoms with van der Waals surface area (Å²) in [5.74, 6) is 0.775. The average molecular weight is 323 g/mol. The van der Waals surface area contributed by atoms with Crippen LogP contribution < -0.4 is 9.64 Å². The number of hydrogen-bond acceptors (Lipinski definition) is 4. The summed E-state index contributed by atoms with van der Waals surface area (Å²) in [6.45, 7) is 8.12. The van der Waals surface area contributed by atoms with Crippen LogP contribution in [-0.2, 0) is 4.74 Å². The molecule has 0 aromatic heterocycles. The Morgan fingerprint density at radius 1 is 1.30 bits per heavy atom. The molecule has 0 bridgehead atoms. The molecule has 1 atom stereocenters. The normalized spacial score (nSPS) is 16.9. The third kappa shape index (κ3) is 5.73. The van der Waals surface area contributed by atoms with Crippen molar-refractivity contribution in [2.24, 2.45) is 0 Å². The molecule has 1 amide bonds. The zero-order chi connectivity index (χ0) is 16.7. The Kier molecular flexibility index (Phi) is 6.67. The van der Waals surface area contributed by atoms with Crippen molar-refractivity contribution in [1.82, 2.24) is 4.90 Å². The molecule has 1 aliphatic heterocycles. The van der Waals surface area contributed by atoms with Gasteiger partial charge in [-0.05, 0) is 26.0 Å². The van der Waals surface area contributed by atoms with Crippen LogP contribution in [0.2, 0.25) is 0 Å². The fraction of sp³-hybridized carbons (Fsp3) is 0.588. The first-order valence-electron chi connectivity index (χ1n) is 8.21. The number of carbonyl (C=O) groups excluding carboxylic acids is 1. The van der Waals surface area contributed by atoms with Crippen molar-refractivity contribution in [1.29, 1.82) is 0 Å². The van der Waals surface area contributed by atoms with Crippen LogP contribution in [0.25, 0.3) is 0 Å². The molecule has 1 aliphatic rings. The second-order valence-corrected chi connectivity index (χ2v) is 5.92. The number of nitrogens with one attached hydrogen (secondary N) is 1. The van der Waals surface area contributed by atoms with Crippen LogP contribution in [0.1, 0.15) is 12.5 Å². The van der Waals surface area contributed by atoms with E-state index in [-0.39, 0.29) is 12.7 Å². The molecule has 0 spiro atoms. The Morgan fingerprint density at radius 3 is 2.57 bits per heavy atom. The van der Waals surface area contributed by atoms with Gasteiger partial charge in [0.05, 0.1) is 32.8 Å². The van der Waals surface area contributed by atoms with E-state index < -0.39 is 6.10 Å². The molecule has 0 aliphatic carbocycles. The molecular weight excluding hydrogens is 296 g/mol. The van der Waals surface area contributed by atoms with Crippen molar-refractivity contribution in [3.05, 3.63) is 29.8 Å². The van der Waals surface area contributed by atoms with Gasteiger partial charge < -0.3 is 19.5 Å². The molecule has 1 fully saturated rings. The van der Waals surface area contributed by atoms with Gasteiger partial charge in [0.25, 0.3) is 0 Å². The Morgan fingerprint density at radius 2 is 1.96 bits per heavy atom. The van der Waals surface area contributed by atoms with Gasteiger partial charge in [-0.1, -0.05) is 17.7 Å². The van der Waals surface area contributed by atoms with E-state index in [1.54, 1.807) is 4.90 Å². The highest BCUT2D eigenvalue weighted by atomic mass is 16.6. The average Bonchev–Trinajstić information content (AvgIpc) is 2.55.